The number of thiazole rings is 1. The van der Waals surface area contributed by atoms with E-state index in [0.29, 0.717) is 24.5 Å². The number of benzene rings is 2. The van der Waals surface area contributed by atoms with Crippen LogP contribution in [0.1, 0.15) is 10.4 Å². The predicted octanol–water partition coefficient (Wildman–Crippen LogP) is 4.28. The van der Waals surface area contributed by atoms with E-state index in [1.807, 2.05) is 34.3 Å². The third-order valence-corrected chi connectivity index (χ3v) is 5.38. The van der Waals surface area contributed by atoms with Crippen molar-refractivity contribution in [1.82, 2.24) is 9.38 Å². The zero-order chi connectivity index (χ0) is 21.8. The number of nitrogens with one attached hydrogen (secondary N) is 2. The summed E-state index contributed by atoms with van der Waals surface area (Å²) in [5, 5.41) is 19.1. The number of amides is 1. The summed E-state index contributed by atoms with van der Waals surface area (Å²) in [7, 11) is 1.55. The van der Waals surface area contributed by atoms with Crippen molar-refractivity contribution in [3.05, 3.63) is 75.9 Å². The van der Waals surface area contributed by atoms with Gasteiger partial charge in [0.05, 0.1) is 17.2 Å². The number of rotatable bonds is 8. The Kier molecular flexibility index (Phi) is 5.92. The summed E-state index contributed by atoms with van der Waals surface area (Å²) < 4.78 is 6.89. The summed E-state index contributed by atoms with van der Waals surface area (Å²) in [6, 6.07) is 11.6. The minimum Gasteiger partial charge on any atom is -0.383 e. The highest BCUT2D eigenvalue weighted by molar-refractivity contribution is 7.15. The number of hydrogen-bond acceptors (Lipinski definition) is 7. The summed E-state index contributed by atoms with van der Waals surface area (Å²) in [6.07, 6.45) is 3.89. The maximum absolute atomic E-state index is 12.6. The first-order valence-electron chi connectivity index (χ1n) is 9.40. The molecule has 9 nitrogen and oxygen atoms in total. The number of ether oxygens (including phenoxy) is 1. The summed E-state index contributed by atoms with van der Waals surface area (Å²) in [5.41, 5.74) is 2.72. The van der Waals surface area contributed by atoms with Crippen molar-refractivity contribution in [2.45, 2.75) is 0 Å². The number of carbonyl (C=O) groups is 1. The van der Waals surface area contributed by atoms with Crippen LogP contribution < -0.4 is 10.6 Å². The highest BCUT2D eigenvalue weighted by Gasteiger charge is 2.17. The monoisotopic (exact) mass is 437 g/mol. The van der Waals surface area contributed by atoms with Crippen molar-refractivity contribution in [3.63, 3.8) is 0 Å². The van der Waals surface area contributed by atoms with Gasteiger partial charge in [0.15, 0.2) is 4.96 Å². The molecule has 0 fully saturated rings. The molecule has 2 aromatic carbocycles. The zero-order valence-electron chi connectivity index (χ0n) is 16.6. The summed E-state index contributed by atoms with van der Waals surface area (Å²) in [4.78, 5) is 29.0. The number of fused-ring (bicyclic) bond motifs is 1. The van der Waals surface area contributed by atoms with Crippen molar-refractivity contribution in [2.75, 3.05) is 30.9 Å². The van der Waals surface area contributed by atoms with Crippen LogP contribution in [-0.2, 0) is 4.74 Å². The van der Waals surface area contributed by atoms with Gasteiger partial charge in [-0.1, -0.05) is 12.1 Å². The second-order valence-corrected chi connectivity index (χ2v) is 7.53. The van der Waals surface area contributed by atoms with Crippen molar-refractivity contribution < 1.29 is 14.5 Å². The van der Waals surface area contributed by atoms with Gasteiger partial charge in [-0.2, -0.15) is 0 Å². The molecule has 0 spiro atoms. The molecule has 1 amide bonds. The second kappa shape index (κ2) is 8.94. The molecule has 4 aromatic rings. The first-order valence-corrected chi connectivity index (χ1v) is 10.3. The van der Waals surface area contributed by atoms with Gasteiger partial charge in [-0.25, -0.2) is 4.98 Å². The van der Waals surface area contributed by atoms with Crippen LogP contribution in [0.5, 0.6) is 0 Å². The maximum atomic E-state index is 12.6. The minimum absolute atomic E-state index is 0.168. The number of methoxy groups -OCH3 is 1. The van der Waals surface area contributed by atoms with Gasteiger partial charge in [-0.3, -0.25) is 19.3 Å². The molecule has 0 saturated carbocycles. The summed E-state index contributed by atoms with van der Waals surface area (Å²) in [6.45, 7) is 0.830. The molecule has 2 heterocycles. The number of aromatic nitrogens is 2. The van der Waals surface area contributed by atoms with E-state index in [9.17, 15) is 14.9 Å². The van der Waals surface area contributed by atoms with E-state index in [4.69, 9.17) is 4.74 Å². The smallest absolute Gasteiger partial charge is 0.293 e. The van der Waals surface area contributed by atoms with Gasteiger partial charge in [-0.05, 0) is 24.3 Å². The van der Waals surface area contributed by atoms with Gasteiger partial charge in [0.25, 0.3) is 11.6 Å². The van der Waals surface area contributed by atoms with Gasteiger partial charge in [0.2, 0.25) is 0 Å². The number of nitro benzene ring substituents is 1. The molecule has 10 heteroatoms. The van der Waals surface area contributed by atoms with Gasteiger partial charge < -0.3 is 15.4 Å². The third kappa shape index (κ3) is 4.55. The fraction of sp³-hybridized carbons (Fsp3) is 0.143. The van der Waals surface area contributed by atoms with E-state index in [0.717, 1.165) is 16.2 Å². The molecule has 2 aromatic heterocycles. The standard InChI is InChI=1S/C21H19N5O4S/c1-30-10-8-22-17-7-4-15(12-19(17)26(28)29)20(27)23-16-5-2-14(3-6-16)18-13-25-9-11-31-21(25)24-18/h2-7,9,11-13,22H,8,10H2,1H3,(H,23,27). The fourth-order valence-corrected chi connectivity index (χ4v) is 3.76. The average Bonchev–Trinajstić information content (AvgIpc) is 3.37. The molecular formula is C21H19N5O4S. The molecule has 0 aliphatic carbocycles. The van der Waals surface area contributed by atoms with Crippen molar-refractivity contribution in [3.8, 4) is 11.3 Å². The van der Waals surface area contributed by atoms with Crippen LogP contribution in [-0.4, -0.2) is 40.5 Å². The molecule has 0 radical (unpaired) electrons. The molecule has 4 rings (SSSR count). The SMILES string of the molecule is COCCNc1ccc(C(=O)Nc2ccc(-c3cn4ccsc4n3)cc2)cc1[N+](=O)[O-]. The minimum atomic E-state index is -0.517. The Hall–Kier alpha value is -3.76. The van der Waals surface area contributed by atoms with Crippen LogP contribution in [0.4, 0.5) is 17.1 Å². The van der Waals surface area contributed by atoms with Gasteiger partial charge >= 0.3 is 0 Å². The quantitative estimate of drug-likeness (QED) is 0.242. The maximum Gasteiger partial charge on any atom is 0.293 e. The molecule has 0 bridgehead atoms. The topological polar surface area (TPSA) is 111 Å². The largest absolute Gasteiger partial charge is 0.383 e. The molecule has 0 saturated heterocycles. The fourth-order valence-electron chi connectivity index (χ4n) is 3.06. The Labute approximate surface area is 181 Å². The molecule has 158 valence electrons. The molecule has 0 aliphatic rings. The van der Waals surface area contributed by atoms with Crippen molar-refractivity contribution in [2.24, 2.45) is 0 Å². The molecule has 0 aliphatic heterocycles. The van der Waals surface area contributed by atoms with E-state index >= 15 is 0 Å². The first-order chi connectivity index (χ1) is 15.0. The molecular weight excluding hydrogens is 418 g/mol. The molecule has 0 unspecified atom stereocenters. The number of anilines is 2. The molecule has 2 N–H and O–H groups in total. The van der Waals surface area contributed by atoms with Crippen LogP contribution in [0.15, 0.2) is 60.2 Å². The lowest BCUT2D eigenvalue weighted by molar-refractivity contribution is -0.384. The number of imidazole rings is 1. The predicted molar refractivity (Wildman–Crippen MR) is 120 cm³/mol. The highest BCUT2D eigenvalue weighted by atomic mass is 32.1. The average molecular weight is 437 g/mol. The van der Waals surface area contributed by atoms with E-state index in [-0.39, 0.29) is 11.3 Å². The van der Waals surface area contributed by atoms with E-state index in [1.54, 1.807) is 36.6 Å². The third-order valence-electron chi connectivity index (χ3n) is 4.61. The van der Waals surface area contributed by atoms with Crippen molar-refractivity contribution in [1.29, 1.82) is 0 Å². The normalized spacial score (nSPS) is 10.9. The Balaban J connectivity index is 1.47. The number of carbonyl (C=O) groups excluding carboxylic acids is 1. The second-order valence-electron chi connectivity index (χ2n) is 6.66. The number of nitro groups is 1. The van der Waals surface area contributed by atoms with Crippen LogP contribution >= 0.6 is 11.3 Å². The van der Waals surface area contributed by atoms with Gasteiger partial charge in [0.1, 0.15) is 5.69 Å². The summed E-state index contributed by atoms with van der Waals surface area (Å²) >= 11 is 1.56. The van der Waals surface area contributed by atoms with Crippen LogP contribution in [0.3, 0.4) is 0 Å². The lowest BCUT2D eigenvalue weighted by Gasteiger charge is -2.09. The Bertz CT molecular complexity index is 1200. The first kappa shape index (κ1) is 20.5. The van der Waals surface area contributed by atoms with E-state index in [2.05, 4.69) is 15.6 Å². The number of nitrogens with zero attached hydrogens (tertiary/aromatic N) is 3. The van der Waals surface area contributed by atoms with Crippen LogP contribution in [0.25, 0.3) is 16.2 Å². The summed E-state index contributed by atoms with van der Waals surface area (Å²) in [5.74, 6) is -0.429. The molecule has 31 heavy (non-hydrogen) atoms. The zero-order valence-corrected chi connectivity index (χ0v) is 17.4. The molecule has 0 atom stereocenters. The Morgan fingerprint density at radius 1 is 1.26 bits per heavy atom. The van der Waals surface area contributed by atoms with E-state index in [1.165, 1.54) is 12.1 Å². The lowest BCUT2D eigenvalue weighted by Crippen LogP contribution is -2.13. The van der Waals surface area contributed by atoms with Crippen LogP contribution in [0.2, 0.25) is 0 Å². The lowest BCUT2D eigenvalue weighted by atomic mass is 10.1. The van der Waals surface area contributed by atoms with Crippen LogP contribution in [0, 0.1) is 10.1 Å². The number of hydrogen-bond donors (Lipinski definition) is 2. The van der Waals surface area contributed by atoms with Gasteiger partial charge in [0, 0.05) is 54.3 Å². The Morgan fingerprint density at radius 3 is 2.77 bits per heavy atom. The van der Waals surface area contributed by atoms with E-state index < -0.39 is 10.8 Å². The van der Waals surface area contributed by atoms with Gasteiger partial charge in [-0.15, -0.1) is 11.3 Å². The Morgan fingerprint density at radius 2 is 2.06 bits per heavy atom. The van der Waals surface area contributed by atoms with Crippen molar-refractivity contribution >= 4 is 39.3 Å². The highest BCUT2D eigenvalue weighted by Crippen LogP contribution is 2.27.